The number of aromatic nitrogens is 2. The summed E-state index contributed by atoms with van der Waals surface area (Å²) in [5.41, 5.74) is 2.53. The molecule has 2 aromatic carbocycles. The predicted octanol–water partition coefficient (Wildman–Crippen LogP) is 4.61. The summed E-state index contributed by atoms with van der Waals surface area (Å²) in [5, 5.41) is 3.13. The maximum atomic E-state index is 14.1. The van der Waals surface area contributed by atoms with Crippen molar-refractivity contribution in [2.75, 3.05) is 6.54 Å². The highest BCUT2D eigenvalue weighted by Gasteiger charge is 2.41. The lowest BCUT2D eigenvalue weighted by Gasteiger charge is -2.40. The first-order valence-electron chi connectivity index (χ1n) is 11.3. The lowest BCUT2D eigenvalue weighted by molar-refractivity contribution is -0.119. The Labute approximate surface area is 182 Å². The summed E-state index contributed by atoms with van der Waals surface area (Å²) in [6.45, 7) is 2.56. The van der Waals surface area contributed by atoms with Gasteiger partial charge in [-0.2, -0.15) is 0 Å². The standard InChI is InChI=1S/C25H29FN4O/c1-17(31)28-23(18-6-3-2-4-7-18)12-13-29-19-10-11-20(29)15-21(14-19)30-16-27-25-22(26)8-5-9-24(25)30/h2-9,16,19-21,23H,10-15H2,1H3,(H,28,31)/t19?,20?,21?,23-/m0/s1. The van der Waals surface area contributed by atoms with Crippen LogP contribution in [0.2, 0.25) is 0 Å². The van der Waals surface area contributed by atoms with Crippen molar-refractivity contribution in [2.24, 2.45) is 0 Å². The van der Waals surface area contributed by atoms with Gasteiger partial charge in [-0.15, -0.1) is 0 Å². The van der Waals surface area contributed by atoms with Gasteiger partial charge < -0.3 is 9.88 Å². The molecule has 3 aromatic rings. The van der Waals surface area contributed by atoms with Gasteiger partial charge in [-0.1, -0.05) is 36.4 Å². The molecule has 0 radical (unpaired) electrons. The number of halogens is 1. The maximum Gasteiger partial charge on any atom is 0.217 e. The number of benzene rings is 2. The van der Waals surface area contributed by atoms with E-state index in [1.165, 1.54) is 18.9 Å². The average Bonchev–Trinajstić information content (AvgIpc) is 3.30. The molecule has 2 saturated heterocycles. The minimum atomic E-state index is -0.249. The molecule has 2 fully saturated rings. The molecule has 6 heteroatoms. The van der Waals surface area contributed by atoms with Crippen LogP contribution in [0.15, 0.2) is 54.9 Å². The van der Waals surface area contributed by atoms with Crippen molar-refractivity contribution in [1.29, 1.82) is 0 Å². The van der Waals surface area contributed by atoms with Crippen LogP contribution in [0.5, 0.6) is 0 Å². The lowest BCUT2D eigenvalue weighted by Crippen LogP contribution is -2.44. The number of imidazole rings is 1. The molecule has 2 aliphatic rings. The molecule has 162 valence electrons. The molecule has 2 bridgehead atoms. The van der Waals surface area contributed by atoms with Gasteiger partial charge in [0.15, 0.2) is 5.82 Å². The van der Waals surface area contributed by atoms with E-state index in [9.17, 15) is 9.18 Å². The van der Waals surface area contributed by atoms with Gasteiger partial charge in [0.25, 0.3) is 0 Å². The fourth-order valence-corrected chi connectivity index (χ4v) is 5.68. The monoisotopic (exact) mass is 420 g/mol. The highest BCUT2D eigenvalue weighted by molar-refractivity contribution is 5.76. The molecule has 1 N–H and O–H groups in total. The number of nitrogens with zero attached hydrogens (tertiary/aromatic N) is 3. The molecule has 3 heterocycles. The topological polar surface area (TPSA) is 50.2 Å². The van der Waals surface area contributed by atoms with Crippen LogP contribution < -0.4 is 5.32 Å². The Morgan fingerprint density at radius 3 is 2.55 bits per heavy atom. The summed E-state index contributed by atoms with van der Waals surface area (Å²) in [6.07, 6.45) is 7.26. The van der Waals surface area contributed by atoms with Gasteiger partial charge in [-0.3, -0.25) is 9.69 Å². The summed E-state index contributed by atoms with van der Waals surface area (Å²) in [7, 11) is 0. The van der Waals surface area contributed by atoms with Crippen LogP contribution in [-0.2, 0) is 4.79 Å². The van der Waals surface area contributed by atoms with E-state index < -0.39 is 0 Å². The number of fused-ring (bicyclic) bond motifs is 3. The molecule has 31 heavy (non-hydrogen) atoms. The third-order valence-electron chi connectivity index (χ3n) is 7.06. The molecule has 3 atom stereocenters. The van der Waals surface area contributed by atoms with E-state index in [0.29, 0.717) is 23.6 Å². The van der Waals surface area contributed by atoms with Crippen molar-refractivity contribution in [2.45, 2.75) is 63.2 Å². The largest absolute Gasteiger partial charge is 0.349 e. The minimum Gasteiger partial charge on any atom is -0.349 e. The van der Waals surface area contributed by atoms with Crippen molar-refractivity contribution >= 4 is 16.9 Å². The zero-order valence-corrected chi connectivity index (χ0v) is 17.9. The van der Waals surface area contributed by atoms with Gasteiger partial charge in [0, 0.05) is 31.6 Å². The maximum absolute atomic E-state index is 14.1. The molecule has 1 amide bonds. The van der Waals surface area contributed by atoms with Gasteiger partial charge in [0.05, 0.1) is 17.9 Å². The molecule has 0 aliphatic carbocycles. The molecule has 5 rings (SSSR count). The fraction of sp³-hybridized carbons (Fsp3) is 0.440. The SMILES string of the molecule is CC(=O)N[C@@H](CCN1C2CCC1CC(n1cnc3c(F)cccc31)C2)c1ccccc1. The van der Waals surface area contributed by atoms with Crippen molar-refractivity contribution in [3.63, 3.8) is 0 Å². The second-order valence-electron chi connectivity index (χ2n) is 8.96. The zero-order chi connectivity index (χ0) is 21.4. The van der Waals surface area contributed by atoms with Crippen molar-refractivity contribution < 1.29 is 9.18 Å². The van der Waals surface area contributed by atoms with Gasteiger partial charge in [0.2, 0.25) is 5.91 Å². The summed E-state index contributed by atoms with van der Waals surface area (Å²) >= 11 is 0. The molecule has 1 aromatic heterocycles. The summed E-state index contributed by atoms with van der Waals surface area (Å²) in [4.78, 5) is 18.7. The Kier molecular flexibility index (Phi) is 5.48. The van der Waals surface area contributed by atoms with Crippen molar-refractivity contribution in [3.05, 3.63) is 66.2 Å². The molecule has 2 aliphatic heterocycles. The number of piperidine rings is 1. The predicted molar refractivity (Wildman–Crippen MR) is 119 cm³/mol. The van der Waals surface area contributed by atoms with E-state index in [2.05, 4.69) is 31.9 Å². The molecule has 0 saturated carbocycles. The van der Waals surface area contributed by atoms with Crippen LogP contribution in [-0.4, -0.2) is 39.0 Å². The van der Waals surface area contributed by atoms with E-state index in [-0.39, 0.29) is 17.8 Å². The van der Waals surface area contributed by atoms with Crippen molar-refractivity contribution in [1.82, 2.24) is 19.8 Å². The van der Waals surface area contributed by atoms with Gasteiger partial charge in [0.1, 0.15) is 5.52 Å². The first-order valence-corrected chi connectivity index (χ1v) is 11.3. The van der Waals surface area contributed by atoms with Gasteiger partial charge in [-0.05, 0) is 49.8 Å². The van der Waals surface area contributed by atoms with Gasteiger partial charge in [-0.25, -0.2) is 9.37 Å². The number of hydrogen-bond acceptors (Lipinski definition) is 3. The lowest BCUT2D eigenvalue weighted by atomic mass is 9.95. The van der Waals surface area contributed by atoms with Gasteiger partial charge >= 0.3 is 0 Å². The van der Waals surface area contributed by atoms with Crippen LogP contribution in [0.3, 0.4) is 0 Å². The van der Waals surface area contributed by atoms with Crippen LogP contribution in [0.1, 0.15) is 56.7 Å². The van der Waals surface area contributed by atoms with Crippen LogP contribution in [0, 0.1) is 5.82 Å². The molecular weight excluding hydrogens is 391 g/mol. The Balaban J connectivity index is 1.29. The number of para-hydroxylation sites is 1. The molecule has 5 nitrogen and oxygen atoms in total. The molecule has 0 spiro atoms. The average molecular weight is 421 g/mol. The highest BCUT2D eigenvalue weighted by atomic mass is 19.1. The Morgan fingerprint density at radius 1 is 1.10 bits per heavy atom. The van der Waals surface area contributed by atoms with Crippen LogP contribution >= 0.6 is 0 Å². The molecular formula is C25H29FN4O. The van der Waals surface area contributed by atoms with Crippen LogP contribution in [0.25, 0.3) is 11.0 Å². The third-order valence-corrected chi connectivity index (χ3v) is 7.06. The van der Waals surface area contributed by atoms with E-state index in [1.54, 1.807) is 13.0 Å². The first kappa shape index (κ1) is 20.2. The molecule has 2 unspecified atom stereocenters. The Hall–Kier alpha value is -2.73. The summed E-state index contributed by atoms with van der Waals surface area (Å²) < 4.78 is 16.3. The summed E-state index contributed by atoms with van der Waals surface area (Å²) in [6, 6.07) is 16.9. The van der Waals surface area contributed by atoms with Crippen LogP contribution in [0.4, 0.5) is 4.39 Å². The van der Waals surface area contributed by atoms with E-state index in [1.807, 2.05) is 30.6 Å². The summed E-state index contributed by atoms with van der Waals surface area (Å²) in [5.74, 6) is -0.240. The minimum absolute atomic E-state index is 0.00903. The Bertz CT molecular complexity index is 1050. The fourth-order valence-electron chi connectivity index (χ4n) is 5.68. The quantitative estimate of drug-likeness (QED) is 0.634. The van der Waals surface area contributed by atoms with E-state index in [0.717, 1.165) is 36.9 Å². The first-order chi connectivity index (χ1) is 15.1. The Morgan fingerprint density at radius 2 is 1.84 bits per heavy atom. The number of carbonyl (C=O) groups excluding carboxylic acids is 1. The highest BCUT2D eigenvalue weighted by Crippen LogP contribution is 2.42. The third kappa shape index (κ3) is 3.97. The second-order valence-corrected chi connectivity index (χ2v) is 8.96. The number of nitrogens with one attached hydrogen (secondary N) is 1. The smallest absolute Gasteiger partial charge is 0.217 e. The number of carbonyl (C=O) groups is 1. The van der Waals surface area contributed by atoms with Crippen molar-refractivity contribution in [3.8, 4) is 0 Å². The zero-order valence-electron chi connectivity index (χ0n) is 17.9. The number of hydrogen-bond donors (Lipinski definition) is 1. The second kappa shape index (κ2) is 8.42. The number of amides is 1. The number of rotatable bonds is 6. The van der Waals surface area contributed by atoms with E-state index in [4.69, 9.17) is 0 Å². The van der Waals surface area contributed by atoms with E-state index >= 15 is 0 Å². The normalized spacial score (nSPS) is 24.4.